The van der Waals surface area contributed by atoms with Gasteiger partial charge in [0.25, 0.3) is 0 Å². The number of hydrogen-bond acceptors (Lipinski definition) is 2. The molecule has 0 atom stereocenters. The lowest BCUT2D eigenvalue weighted by atomic mass is 10.2. The van der Waals surface area contributed by atoms with E-state index < -0.39 is 0 Å². The first-order chi connectivity index (χ1) is 7.93. The van der Waals surface area contributed by atoms with Crippen molar-refractivity contribution in [3.05, 3.63) is 30.1 Å². The normalized spacial score (nSPS) is 17.2. The second kappa shape index (κ2) is 4.26. The second-order valence-corrected chi connectivity index (χ2v) is 4.58. The third-order valence-corrected chi connectivity index (χ3v) is 3.47. The largest absolute Gasteiger partial charge is 0.346 e. The number of pyridine rings is 1. The Bertz CT molecular complexity index is 469. The average Bonchev–Trinajstić information content (AvgIpc) is 2.96. The van der Waals surface area contributed by atoms with Crippen LogP contribution in [0.25, 0.3) is 11.0 Å². The van der Waals surface area contributed by atoms with Crippen molar-refractivity contribution in [1.29, 1.82) is 0 Å². The molecule has 0 radical (unpaired) electrons. The summed E-state index contributed by atoms with van der Waals surface area (Å²) >= 11 is 0. The van der Waals surface area contributed by atoms with Gasteiger partial charge in [0.1, 0.15) is 5.65 Å². The predicted octanol–water partition coefficient (Wildman–Crippen LogP) is 2.60. The summed E-state index contributed by atoms with van der Waals surface area (Å²) < 4.78 is 0. The van der Waals surface area contributed by atoms with E-state index in [0.717, 1.165) is 18.2 Å². The maximum atomic E-state index is 4.30. The molecule has 0 spiro atoms. The third-order valence-electron chi connectivity index (χ3n) is 3.47. The molecule has 2 heterocycles. The van der Waals surface area contributed by atoms with E-state index in [-0.39, 0.29) is 0 Å². The molecule has 2 aromatic rings. The SMILES string of the molecule is c1cnc2[nH]cc(CNC3CCCC3)c2c1. The monoisotopic (exact) mass is 215 g/mol. The van der Waals surface area contributed by atoms with Crippen molar-refractivity contribution in [3.63, 3.8) is 0 Å². The van der Waals surface area contributed by atoms with Crippen LogP contribution in [0.15, 0.2) is 24.5 Å². The zero-order valence-corrected chi connectivity index (χ0v) is 9.37. The van der Waals surface area contributed by atoms with Gasteiger partial charge in [0, 0.05) is 30.4 Å². The van der Waals surface area contributed by atoms with Crippen molar-refractivity contribution in [2.45, 2.75) is 38.3 Å². The molecule has 0 aliphatic heterocycles. The molecule has 1 aliphatic rings. The average molecular weight is 215 g/mol. The van der Waals surface area contributed by atoms with Crippen molar-refractivity contribution in [2.24, 2.45) is 0 Å². The van der Waals surface area contributed by atoms with Crippen LogP contribution in [0, 0.1) is 0 Å². The summed E-state index contributed by atoms with van der Waals surface area (Å²) in [6.07, 6.45) is 9.33. The van der Waals surface area contributed by atoms with Crippen molar-refractivity contribution in [1.82, 2.24) is 15.3 Å². The zero-order valence-electron chi connectivity index (χ0n) is 9.37. The molecule has 0 amide bonds. The first kappa shape index (κ1) is 9.85. The van der Waals surface area contributed by atoms with E-state index in [0.29, 0.717) is 0 Å². The van der Waals surface area contributed by atoms with Crippen LogP contribution in [-0.2, 0) is 6.54 Å². The highest BCUT2D eigenvalue weighted by atomic mass is 14.9. The van der Waals surface area contributed by atoms with Crippen LogP contribution in [-0.4, -0.2) is 16.0 Å². The minimum absolute atomic E-state index is 0.724. The fourth-order valence-electron chi connectivity index (χ4n) is 2.54. The van der Waals surface area contributed by atoms with Crippen molar-refractivity contribution in [3.8, 4) is 0 Å². The summed E-state index contributed by atoms with van der Waals surface area (Å²) in [6.45, 7) is 0.955. The quantitative estimate of drug-likeness (QED) is 0.826. The molecule has 3 rings (SSSR count). The molecule has 0 bridgehead atoms. The molecule has 2 N–H and O–H groups in total. The first-order valence-corrected chi connectivity index (χ1v) is 6.08. The van der Waals surface area contributed by atoms with Gasteiger partial charge >= 0.3 is 0 Å². The fraction of sp³-hybridized carbons (Fsp3) is 0.462. The smallest absolute Gasteiger partial charge is 0.137 e. The molecule has 1 fully saturated rings. The number of aromatic nitrogens is 2. The molecule has 2 aromatic heterocycles. The number of nitrogens with zero attached hydrogens (tertiary/aromatic N) is 1. The number of H-pyrrole nitrogens is 1. The number of fused-ring (bicyclic) bond motifs is 1. The van der Waals surface area contributed by atoms with Crippen molar-refractivity contribution in [2.75, 3.05) is 0 Å². The van der Waals surface area contributed by atoms with Crippen LogP contribution in [0.4, 0.5) is 0 Å². The lowest BCUT2D eigenvalue weighted by Gasteiger charge is -2.10. The highest BCUT2D eigenvalue weighted by Crippen LogP contribution is 2.20. The summed E-state index contributed by atoms with van der Waals surface area (Å²) in [4.78, 5) is 7.51. The molecular weight excluding hydrogens is 198 g/mol. The van der Waals surface area contributed by atoms with Gasteiger partial charge in [0.05, 0.1) is 0 Å². The van der Waals surface area contributed by atoms with Gasteiger partial charge in [-0.05, 0) is 30.5 Å². The molecule has 0 saturated heterocycles. The third kappa shape index (κ3) is 1.83. The Morgan fingerprint density at radius 1 is 1.38 bits per heavy atom. The van der Waals surface area contributed by atoms with Gasteiger partial charge in [0.2, 0.25) is 0 Å². The molecule has 84 valence electrons. The van der Waals surface area contributed by atoms with Crippen LogP contribution >= 0.6 is 0 Å². The Morgan fingerprint density at radius 2 is 2.25 bits per heavy atom. The van der Waals surface area contributed by atoms with Crippen LogP contribution in [0.3, 0.4) is 0 Å². The van der Waals surface area contributed by atoms with Gasteiger partial charge in [-0.25, -0.2) is 4.98 Å². The molecule has 1 aliphatic carbocycles. The Hall–Kier alpha value is -1.35. The van der Waals surface area contributed by atoms with Crippen molar-refractivity contribution < 1.29 is 0 Å². The van der Waals surface area contributed by atoms with Crippen LogP contribution in [0.5, 0.6) is 0 Å². The molecule has 1 saturated carbocycles. The maximum absolute atomic E-state index is 4.30. The molecule has 3 nitrogen and oxygen atoms in total. The Labute approximate surface area is 95.3 Å². The van der Waals surface area contributed by atoms with Gasteiger partial charge in [-0.15, -0.1) is 0 Å². The van der Waals surface area contributed by atoms with Crippen molar-refractivity contribution >= 4 is 11.0 Å². The van der Waals surface area contributed by atoms with E-state index >= 15 is 0 Å². The molecule has 3 heteroatoms. The van der Waals surface area contributed by atoms with E-state index in [4.69, 9.17) is 0 Å². The van der Waals surface area contributed by atoms with Gasteiger partial charge in [-0.2, -0.15) is 0 Å². The summed E-state index contributed by atoms with van der Waals surface area (Å²) in [7, 11) is 0. The number of aromatic amines is 1. The molecule has 16 heavy (non-hydrogen) atoms. The lowest BCUT2D eigenvalue weighted by Crippen LogP contribution is -2.25. The second-order valence-electron chi connectivity index (χ2n) is 4.58. The minimum Gasteiger partial charge on any atom is -0.346 e. The first-order valence-electron chi connectivity index (χ1n) is 6.08. The van der Waals surface area contributed by atoms with Crippen LogP contribution in [0.2, 0.25) is 0 Å². The highest BCUT2D eigenvalue weighted by molar-refractivity contribution is 5.79. The Morgan fingerprint density at radius 3 is 3.12 bits per heavy atom. The Kier molecular flexibility index (Phi) is 2.62. The topological polar surface area (TPSA) is 40.7 Å². The van der Waals surface area contributed by atoms with Crippen LogP contribution < -0.4 is 5.32 Å². The standard InChI is InChI=1S/C13H17N3/c1-2-5-11(4-1)15-8-10-9-16-13-12(10)6-3-7-14-13/h3,6-7,9,11,15H,1-2,4-5,8H2,(H,14,16). The number of rotatable bonds is 3. The summed E-state index contributed by atoms with van der Waals surface area (Å²) in [5, 5.41) is 4.87. The maximum Gasteiger partial charge on any atom is 0.137 e. The van der Waals surface area contributed by atoms with Crippen LogP contribution in [0.1, 0.15) is 31.2 Å². The molecule has 0 aromatic carbocycles. The Balaban J connectivity index is 1.73. The molecular formula is C13H17N3. The fourth-order valence-corrected chi connectivity index (χ4v) is 2.54. The van der Waals surface area contributed by atoms with Gasteiger partial charge in [-0.1, -0.05) is 12.8 Å². The summed E-state index contributed by atoms with van der Waals surface area (Å²) in [6, 6.07) is 4.85. The van der Waals surface area contributed by atoms with Gasteiger partial charge in [-0.3, -0.25) is 0 Å². The highest BCUT2D eigenvalue weighted by Gasteiger charge is 2.14. The summed E-state index contributed by atoms with van der Waals surface area (Å²) in [5.74, 6) is 0. The predicted molar refractivity (Wildman–Crippen MR) is 65.2 cm³/mol. The minimum atomic E-state index is 0.724. The van der Waals surface area contributed by atoms with E-state index in [1.807, 2.05) is 12.3 Å². The van der Waals surface area contributed by atoms with Gasteiger partial charge in [0.15, 0.2) is 0 Å². The van der Waals surface area contributed by atoms with E-state index in [2.05, 4.69) is 27.5 Å². The summed E-state index contributed by atoms with van der Waals surface area (Å²) in [5.41, 5.74) is 2.32. The molecule has 0 unspecified atom stereocenters. The van der Waals surface area contributed by atoms with E-state index in [1.165, 1.54) is 36.6 Å². The lowest BCUT2D eigenvalue weighted by molar-refractivity contribution is 0.525. The van der Waals surface area contributed by atoms with E-state index in [1.54, 1.807) is 0 Å². The number of hydrogen-bond donors (Lipinski definition) is 2. The van der Waals surface area contributed by atoms with Gasteiger partial charge < -0.3 is 10.3 Å². The zero-order chi connectivity index (χ0) is 10.8. The van der Waals surface area contributed by atoms with E-state index in [9.17, 15) is 0 Å². The number of nitrogens with one attached hydrogen (secondary N) is 2.